The van der Waals surface area contributed by atoms with Gasteiger partial charge in [0, 0.05) is 5.56 Å². The van der Waals surface area contributed by atoms with Crippen LogP contribution in [0.2, 0.25) is 0 Å². The molecule has 2 rings (SSSR count). The fourth-order valence-electron chi connectivity index (χ4n) is 1.70. The van der Waals surface area contributed by atoms with Crippen LogP contribution in [0, 0.1) is 5.92 Å². The summed E-state index contributed by atoms with van der Waals surface area (Å²) < 4.78 is 0. The number of carbonyl (C=O) groups excluding carboxylic acids is 2. The summed E-state index contributed by atoms with van der Waals surface area (Å²) in [5.41, 5.74) is 1.26. The molecule has 72 valence electrons. The van der Waals surface area contributed by atoms with E-state index in [2.05, 4.69) is 5.32 Å². The van der Waals surface area contributed by atoms with E-state index in [0.29, 0.717) is 17.7 Å². The van der Waals surface area contributed by atoms with Gasteiger partial charge in [-0.2, -0.15) is 0 Å². The number of ketones is 1. The van der Waals surface area contributed by atoms with Gasteiger partial charge in [0.2, 0.25) is 5.91 Å². The van der Waals surface area contributed by atoms with Gasteiger partial charge >= 0.3 is 0 Å². The molecule has 0 radical (unpaired) electrons. The number of rotatable bonds is 1. The summed E-state index contributed by atoms with van der Waals surface area (Å²) in [6, 6.07) is 7.11. The molecule has 1 aromatic rings. The summed E-state index contributed by atoms with van der Waals surface area (Å²) in [7, 11) is 0. The molecule has 0 fully saturated rings. The van der Waals surface area contributed by atoms with Gasteiger partial charge in [0.05, 0.1) is 5.69 Å². The van der Waals surface area contributed by atoms with Gasteiger partial charge in [-0.25, -0.2) is 0 Å². The topological polar surface area (TPSA) is 46.2 Å². The van der Waals surface area contributed by atoms with Gasteiger partial charge in [0.25, 0.3) is 0 Å². The van der Waals surface area contributed by atoms with Gasteiger partial charge in [0.1, 0.15) is 5.92 Å². The van der Waals surface area contributed by atoms with Crippen LogP contribution in [0.15, 0.2) is 24.3 Å². The van der Waals surface area contributed by atoms with E-state index in [0.717, 1.165) is 0 Å². The van der Waals surface area contributed by atoms with E-state index in [4.69, 9.17) is 0 Å². The molecule has 0 saturated heterocycles. The molecule has 14 heavy (non-hydrogen) atoms. The summed E-state index contributed by atoms with van der Waals surface area (Å²) in [6.45, 7) is 1.84. The van der Waals surface area contributed by atoms with Crippen molar-refractivity contribution < 1.29 is 9.59 Å². The van der Waals surface area contributed by atoms with E-state index in [9.17, 15) is 9.59 Å². The van der Waals surface area contributed by atoms with Gasteiger partial charge in [0.15, 0.2) is 5.78 Å². The number of hydrogen-bond donors (Lipinski definition) is 1. The van der Waals surface area contributed by atoms with E-state index in [1.165, 1.54) is 0 Å². The monoisotopic (exact) mass is 189 g/mol. The average Bonchev–Trinajstić information content (AvgIpc) is 2.18. The zero-order chi connectivity index (χ0) is 10.1. The maximum absolute atomic E-state index is 11.8. The second-order valence-corrected chi connectivity index (χ2v) is 3.36. The van der Waals surface area contributed by atoms with E-state index in [1.54, 1.807) is 24.3 Å². The van der Waals surface area contributed by atoms with Gasteiger partial charge in [-0.15, -0.1) is 0 Å². The highest BCUT2D eigenvalue weighted by Gasteiger charge is 2.32. The molecule has 1 heterocycles. The molecule has 1 aliphatic rings. The Bertz CT molecular complexity index is 398. The number of hydrogen-bond acceptors (Lipinski definition) is 2. The quantitative estimate of drug-likeness (QED) is 0.685. The molecule has 1 unspecified atom stereocenters. The first-order valence-corrected chi connectivity index (χ1v) is 4.68. The molecule has 3 heteroatoms. The lowest BCUT2D eigenvalue weighted by atomic mass is 9.90. The van der Waals surface area contributed by atoms with Gasteiger partial charge < -0.3 is 5.32 Å². The van der Waals surface area contributed by atoms with Crippen LogP contribution in [0.5, 0.6) is 0 Å². The minimum Gasteiger partial charge on any atom is -0.325 e. The molecule has 1 atom stereocenters. The number of benzene rings is 1. The number of carbonyl (C=O) groups is 2. The lowest BCUT2D eigenvalue weighted by Gasteiger charge is -2.21. The Morgan fingerprint density at radius 3 is 2.71 bits per heavy atom. The highest BCUT2D eigenvalue weighted by atomic mass is 16.2. The summed E-state index contributed by atoms with van der Waals surface area (Å²) >= 11 is 0. The minimum absolute atomic E-state index is 0.0631. The Labute approximate surface area is 82.1 Å². The Morgan fingerprint density at radius 2 is 2.00 bits per heavy atom. The van der Waals surface area contributed by atoms with Crippen molar-refractivity contribution in [3.05, 3.63) is 29.8 Å². The van der Waals surface area contributed by atoms with Crippen LogP contribution < -0.4 is 5.32 Å². The Morgan fingerprint density at radius 1 is 1.29 bits per heavy atom. The summed E-state index contributed by atoms with van der Waals surface area (Å²) in [4.78, 5) is 23.3. The van der Waals surface area contributed by atoms with Crippen molar-refractivity contribution in [3.63, 3.8) is 0 Å². The highest BCUT2D eigenvalue weighted by Crippen LogP contribution is 2.26. The molecule has 1 N–H and O–H groups in total. The van der Waals surface area contributed by atoms with Crippen LogP contribution in [0.25, 0.3) is 0 Å². The van der Waals surface area contributed by atoms with E-state index < -0.39 is 5.92 Å². The molecule has 3 nitrogen and oxygen atoms in total. The fraction of sp³-hybridized carbons (Fsp3) is 0.273. The Kier molecular flexibility index (Phi) is 2.08. The second-order valence-electron chi connectivity index (χ2n) is 3.36. The summed E-state index contributed by atoms with van der Waals surface area (Å²) in [5, 5.41) is 2.73. The maximum Gasteiger partial charge on any atom is 0.235 e. The first-order valence-electron chi connectivity index (χ1n) is 4.68. The summed E-state index contributed by atoms with van der Waals surface area (Å²) in [5.74, 6) is -0.757. The highest BCUT2D eigenvalue weighted by molar-refractivity contribution is 6.20. The maximum atomic E-state index is 11.8. The van der Waals surface area contributed by atoms with Gasteiger partial charge in [-0.05, 0) is 18.6 Å². The minimum atomic E-state index is -0.509. The van der Waals surface area contributed by atoms with E-state index in [1.807, 2.05) is 6.92 Å². The van der Waals surface area contributed by atoms with Crippen molar-refractivity contribution in [1.29, 1.82) is 0 Å². The Balaban J connectivity index is 2.49. The first-order chi connectivity index (χ1) is 6.74. The van der Waals surface area contributed by atoms with Gasteiger partial charge in [-0.1, -0.05) is 19.1 Å². The molecular formula is C11H11NO2. The second kappa shape index (κ2) is 3.25. The molecule has 0 bridgehead atoms. The summed E-state index contributed by atoms with van der Waals surface area (Å²) in [6.07, 6.45) is 0.555. The van der Waals surface area contributed by atoms with Crippen LogP contribution in [0.3, 0.4) is 0 Å². The SMILES string of the molecule is CCC1C(=O)Nc2ccccc2C1=O. The van der Waals surface area contributed by atoms with Crippen molar-refractivity contribution >= 4 is 17.4 Å². The fourth-order valence-corrected chi connectivity index (χ4v) is 1.70. The third-order valence-corrected chi connectivity index (χ3v) is 2.49. The normalized spacial score (nSPS) is 20.2. The number of anilines is 1. The standard InChI is InChI=1S/C11H11NO2/c1-2-7-10(13)8-5-3-4-6-9(8)12-11(7)14/h3-7H,2H2,1H3,(H,12,14). The molecule has 1 amide bonds. The number of fused-ring (bicyclic) bond motifs is 1. The largest absolute Gasteiger partial charge is 0.325 e. The van der Waals surface area contributed by atoms with E-state index >= 15 is 0 Å². The first kappa shape index (κ1) is 8.94. The zero-order valence-corrected chi connectivity index (χ0v) is 7.91. The molecular weight excluding hydrogens is 178 g/mol. The number of Topliss-reactive ketones (excluding diaryl/α,β-unsaturated/α-hetero) is 1. The lowest BCUT2D eigenvalue weighted by molar-refractivity contribution is -0.118. The van der Waals surface area contributed by atoms with Crippen LogP contribution in [0.1, 0.15) is 23.7 Å². The van der Waals surface area contributed by atoms with Crippen molar-refractivity contribution in [3.8, 4) is 0 Å². The predicted octanol–water partition coefficient (Wildman–Crippen LogP) is 1.85. The smallest absolute Gasteiger partial charge is 0.235 e. The molecule has 0 spiro atoms. The van der Waals surface area contributed by atoms with Crippen molar-refractivity contribution in [1.82, 2.24) is 0 Å². The van der Waals surface area contributed by atoms with Crippen molar-refractivity contribution in [2.45, 2.75) is 13.3 Å². The molecule has 0 aromatic heterocycles. The molecule has 1 aliphatic heterocycles. The zero-order valence-electron chi connectivity index (χ0n) is 7.91. The number of amides is 1. The van der Waals surface area contributed by atoms with Crippen LogP contribution in [-0.2, 0) is 4.79 Å². The van der Waals surface area contributed by atoms with Crippen LogP contribution in [0.4, 0.5) is 5.69 Å². The molecule has 0 saturated carbocycles. The number of para-hydroxylation sites is 1. The van der Waals surface area contributed by atoms with E-state index in [-0.39, 0.29) is 11.7 Å². The molecule has 0 aliphatic carbocycles. The van der Waals surface area contributed by atoms with Crippen molar-refractivity contribution in [2.24, 2.45) is 5.92 Å². The average molecular weight is 189 g/mol. The molecule has 1 aromatic carbocycles. The van der Waals surface area contributed by atoms with Crippen molar-refractivity contribution in [2.75, 3.05) is 5.32 Å². The Hall–Kier alpha value is -1.64. The van der Waals surface area contributed by atoms with Gasteiger partial charge in [-0.3, -0.25) is 9.59 Å². The predicted molar refractivity (Wildman–Crippen MR) is 53.2 cm³/mol. The lowest BCUT2D eigenvalue weighted by Crippen LogP contribution is -2.34. The number of nitrogens with one attached hydrogen (secondary N) is 1. The van der Waals surface area contributed by atoms with Crippen LogP contribution >= 0.6 is 0 Å². The third-order valence-electron chi connectivity index (χ3n) is 2.49. The third kappa shape index (κ3) is 1.21. The van der Waals surface area contributed by atoms with Crippen LogP contribution in [-0.4, -0.2) is 11.7 Å².